The average Bonchev–Trinajstić information content (AvgIpc) is 3.06. The Balaban J connectivity index is 1.91. The van der Waals surface area contributed by atoms with Crippen molar-refractivity contribution in [1.29, 1.82) is 0 Å². The van der Waals surface area contributed by atoms with Crippen molar-refractivity contribution in [2.45, 2.75) is 17.7 Å². The van der Waals surface area contributed by atoms with Crippen LogP contribution in [-0.2, 0) is 14.8 Å². The maximum absolute atomic E-state index is 13.0. The number of hydrogen-bond donors (Lipinski definition) is 1. The van der Waals surface area contributed by atoms with Gasteiger partial charge in [-0.15, -0.1) is 0 Å². The molecule has 25 heavy (non-hydrogen) atoms. The molecule has 7 heteroatoms. The Morgan fingerprint density at radius 1 is 1.04 bits per heavy atom. The molecule has 0 bridgehead atoms. The number of sulfonamides is 1. The highest BCUT2D eigenvalue weighted by Gasteiger charge is 2.26. The zero-order chi connectivity index (χ0) is 17.9. The minimum Gasteiger partial charge on any atom is -0.394 e. The Bertz CT molecular complexity index is 835. The lowest BCUT2D eigenvalue weighted by molar-refractivity contribution is -0.117. The van der Waals surface area contributed by atoms with Gasteiger partial charge in [-0.25, -0.2) is 8.42 Å². The van der Waals surface area contributed by atoms with Gasteiger partial charge >= 0.3 is 0 Å². The molecule has 0 atom stereocenters. The van der Waals surface area contributed by atoms with E-state index in [0.717, 1.165) is 6.42 Å². The summed E-state index contributed by atoms with van der Waals surface area (Å²) in [5, 5.41) is 9.27. The van der Waals surface area contributed by atoms with Crippen LogP contribution in [0.4, 0.5) is 11.4 Å². The quantitative estimate of drug-likeness (QED) is 0.855. The Labute approximate surface area is 147 Å². The van der Waals surface area contributed by atoms with Gasteiger partial charge in [-0.1, -0.05) is 18.2 Å². The van der Waals surface area contributed by atoms with E-state index in [1.54, 1.807) is 47.4 Å². The van der Waals surface area contributed by atoms with Crippen LogP contribution < -0.4 is 9.21 Å². The lowest BCUT2D eigenvalue weighted by atomic mass is 10.3. The van der Waals surface area contributed by atoms with Crippen molar-refractivity contribution in [2.75, 3.05) is 28.9 Å². The Morgan fingerprint density at radius 3 is 2.28 bits per heavy atom. The predicted molar refractivity (Wildman–Crippen MR) is 96.1 cm³/mol. The molecule has 0 spiro atoms. The van der Waals surface area contributed by atoms with Crippen molar-refractivity contribution in [1.82, 2.24) is 0 Å². The molecule has 0 aromatic heterocycles. The third-order valence-electron chi connectivity index (χ3n) is 4.16. The zero-order valence-electron chi connectivity index (χ0n) is 13.7. The fourth-order valence-electron chi connectivity index (χ4n) is 2.92. The van der Waals surface area contributed by atoms with Crippen molar-refractivity contribution in [3.8, 4) is 0 Å². The number of carbonyl (C=O) groups is 1. The van der Waals surface area contributed by atoms with Crippen LogP contribution in [0.5, 0.6) is 0 Å². The second kappa shape index (κ2) is 7.25. The topological polar surface area (TPSA) is 77.9 Å². The summed E-state index contributed by atoms with van der Waals surface area (Å²) in [5.41, 5.74) is 1.20. The molecule has 0 unspecified atom stereocenters. The summed E-state index contributed by atoms with van der Waals surface area (Å²) in [4.78, 5) is 13.6. The molecule has 2 aromatic rings. The molecule has 1 fully saturated rings. The van der Waals surface area contributed by atoms with E-state index >= 15 is 0 Å². The van der Waals surface area contributed by atoms with E-state index < -0.39 is 10.0 Å². The number of anilines is 2. The van der Waals surface area contributed by atoms with Gasteiger partial charge in [0.05, 0.1) is 23.7 Å². The largest absolute Gasteiger partial charge is 0.394 e. The van der Waals surface area contributed by atoms with Crippen molar-refractivity contribution in [2.24, 2.45) is 0 Å². The van der Waals surface area contributed by atoms with Crippen molar-refractivity contribution in [3.05, 3.63) is 54.6 Å². The van der Waals surface area contributed by atoms with Crippen molar-refractivity contribution < 1.29 is 18.3 Å². The van der Waals surface area contributed by atoms with Gasteiger partial charge in [0, 0.05) is 18.7 Å². The number of aliphatic hydroxyl groups is 1. The third-order valence-corrected chi connectivity index (χ3v) is 6.00. The maximum Gasteiger partial charge on any atom is 0.264 e. The standard InChI is InChI=1S/C18H20N2O4S/c21-14-13-20(16-5-2-1-3-6-16)25(23,24)17-10-8-15(9-11-17)19-12-4-7-18(19)22/h1-3,5-6,8-11,21H,4,7,12-14H2. The number of hydrogen-bond acceptors (Lipinski definition) is 4. The predicted octanol–water partition coefficient (Wildman–Crippen LogP) is 2.00. The SMILES string of the molecule is O=C1CCCN1c1ccc(S(=O)(=O)N(CCO)c2ccccc2)cc1. The molecule has 0 aliphatic carbocycles. The highest BCUT2D eigenvalue weighted by molar-refractivity contribution is 7.92. The van der Waals surface area contributed by atoms with Crippen LogP contribution in [0.3, 0.4) is 0 Å². The normalized spacial score (nSPS) is 14.8. The molecule has 2 aromatic carbocycles. The number of carbonyl (C=O) groups excluding carboxylic acids is 1. The second-order valence-corrected chi connectivity index (χ2v) is 7.64. The Hall–Kier alpha value is -2.38. The lowest BCUT2D eigenvalue weighted by Gasteiger charge is -2.24. The van der Waals surface area contributed by atoms with Crippen LogP contribution in [0.2, 0.25) is 0 Å². The summed E-state index contributed by atoms with van der Waals surface area (Å²) in [6, 6.07) is 15.0. The van der Waals surface area contributed by atoms with E-state index in [9.17, 15) is 18.3 Å². The molecule has 3 rings (SSSR count). The monoisotopic (exact) mass is 360 g/mol. The zero-order valence-corrected chi connectivity index (χ0v) is 14.5. The molecule has 1 aliphatic rings. The van der Waals surface area contributed by atoms with Gasteiger partial charge in [0.2, 0.25) is 5.91 Å². The van der Waals surface area contributed by atoms with E-state index in [2.05, 4.69) is 0 Å². The molecule has 1 heterocycles. The third kappa shape index (κ3) is 3.52. The summed E-state index contributed by atoms with van der Waals surface area (Å²) >= 11 is 0. The summed E-state index contributed by atoms with van der Waals surface area (Å²) in [6.45, 7) is 0.346. The van der Waals surface area contributed by atoms with Crippen LogP contribution >= 0.6 is 0 Å². The Morgan fingerprint density at radius 2 is 1.72 bits per heavy atom. The first-order valence-electron chi connectivity index (χ1n) is 8.13. The van der Waals surface area contributed by atoms with E-state index in [-0.39, 0.29) is 24.0 Å². The van der Waals surface area contributed by atoms with E-state index in [0.29, 0.717) is 24.3 Å². The van der Waals surface area contributed by atoms with Gasteiger partial charge < -0.3 is 10.0 Å². The van der Waals surface area contributed by atoms with Gasteiger partial charge in [-0.05, 0) is 42.8 Å². The molecule has 1 aliphatic heterocycles. The van der Waals surface area contributed by atoms with Crippen LogP contribution in [-0.4, -0.2) is 39.1 Å². The van der Waals surface area contributed by atoms with Gasteiger partial charge in [-0.2, -0.15) is 0 Å². The number of para-hydroxylation sites is 1. The van der Waals surface area contributed by atoms with Gasteiger partial charge in [0.1, 0.15) is 0 Å². The van der Waals surface area contributed by atoms with Crippen LogP contribution in [0.1, 0.15) is 12.8 Å². The molecule has 0 saturated carbocycles. The Kier molecular flexibility index (Phi) is 5.06. The highest BCUT2D eigenvalue weighted by Crippen LogP contribution is 2.26. The van der Waals surface area contributed by atoms with Gasteiger partial charge in [0.25, 0.3) is 10.0 Å². The fourth-order valence-corrected chi connectivity index (χ4v) is 4.38. The smallest absolute Gasteiger partial charge is 0.264 e. The van der Waals surface area contributed by atoms with Crippen LogP contribution in [0.25, 0.3) is 0 Å². The summed E-state index contributed by atoms with van der Waals surface area (Å²) in [5.74, 6) is 0.0572. The second-order valence-electron chi connectivity index (χ2n) is 5.78. The fraction of sp³-hybridized carbons (Fsp3) is 0.278. The first-order valence-corrected chi connectivity index (χ1v) is 9.57. The van der Waals surface area contributed by atoms with Crippen LogP contribution in [0.15, 0.2) is 59.5 Å². The van der Waals surface area contributed by atoms with Gasteiger partial charge in [0.15, 0.2) is 0 Å². The summed E-state index contributed by atoms with van der Waals surface area (Å²) in [7, 11) is -3.80. The molecule has 132 valence electrons. The van der Waals surface area contributed by atoms with Gasteiger partial charge in [-0.3, -0.25) is 9.10 Å². The van der Waals surface area contributed by atoms with Crippen molar-refractivity contribution >= 4 is 27.3 Å². The summed E-state index contributed by atoms with van der Waals surface area (Å²) in [6.07, 6.45) is 1.34. The first kappa shape index (κ1) is 17.4. The minimum atomic E-state index is -3.80. The van der Waals surface area contributed by atoms with Crippen LogP contribution in [0, 0.1) is 0 Å². The molecule has 1 saturated heterocycles. The molecule has 6 nitrogen and oxygen atoms in total. The molecule has 1 N–H and O–H groups in total. The van der Waals surface area contributed by atoms with Crippen molar-refractivity contribution in [3.63, 3.8) is 0 Å². The maximum atomic E-state index is 13.0. The first-order chi connectivity index (χ1) is 12.0. The summed E-state index contributed by atoms with van der Waals surface area (Å²) < 4.78 is 27.1. The van der Waals surface area contributed by atoms with E-state index in [1.165, 1.54) is 16.4 Å². The van der Waals surface area contributed by atoms with E-state index in [1.807, 2.05) is 0 Å². The molecular formula is C18H20N2O4S. The molecule has 0 radical (unpaired) electrons. The number of aliphatic hydroxyl groups excluding tert-OH is 1. The minimum absolute atomic E-state index is 0.0291. The molecular weight excluding hydrogens is 340 g/mol. The lowest BCUT2D eigenvalue weighted by Crippen LogP contribution is -2.33. The number of rotatable bonds is 6. The average molecular weight is 360 g/mol. The van der Waals surface area contributed by atoms with E-state index in [4.69, 9.17) is 0 Å². The highest BCUT2D eigenvalue weighted by atomic mass is 32.2. The number of nitrogens with zero attached hydrogens (tertiary/aromatic N) is 2. The molecule has 1 amide bonds. The number of amides is 1. The number of benzene rings is 2.